The number of pyridine rings is 1. The molecule has 0 fully saturated rings. The molecule has 1 aromatic heterocycles. The van der Waals surface area contributed by atoms with Gasteiger partial charge in [-0.15, -0.1) is 0 Å². The second kappa shape index (κ2) is 6.35. The number of carbonyl (C=O) groups excluding carboxylic acids is 1. The summed E-state index contributed by atoms with van der Waals surface area (Å²) in [6.07, 6.45) is 6.42. The van der Waals surface area contributed by atoms with E-state index in [9.17, 15) is 4.79 Å². The highest BCUT2D eigenvalue weighted by molar-refractivity contribution is 6.04. The first-order valence-corrected chi connectivity index (χ1v) is 5.74. The Kier molecular flexibility index (Phi) is 4.25. The van der Waals surface area contributed by atoms with Crippen molar-refractivity contribution < 1.29 is 4.79 Å². The Hall–Kier alpha value is -2.42. The van der Waals surface area contributed by atoms with E-state index in [-0.39, 0.29) is 5.78 Å². The van der Waals surface area contributed by atoms with Gasteiger partial charge < -0.3 is 5.32 Å². The van der Waals surface area contributed by atoms with E-state index in [1.807, 2.05) is 30.3 Å². The number of hydrogen-bond donors (Lipinski definition) is 1. The third-order valence-electron chi connectivity index (χ3n) is 2.47. The van der Waals surface area contributed by atoms with E-state index in [2.05, 4.69) is 10.3 Å². The zero-order valence-corrected chi connectivity index (χ0v) is 9.91. The maximum atomic E-state index is 11.7. The van der Waals surface area contributed by atoms with Crippen LogP contribution < -0.4 is 5.32 Å². The van der Waals surface area contributed by atoms with Crippen molar-refractivity contribution in [2.75, 3.05) is 0 Å². The van der Waals surface area contributed by atoms with Crippen LogP contribution in [0.3, 0.4) is 0 Å². The quantitative estimate of drug-likeness (QED) is 0.643. The van der Waals surface area contributed by atoms with Crippen LogP contribution in [0.4, 0.5) is 0 Å². The number of nitrogens with zero attached hydrogens (tertiary/aromatic N) is 1. The first kappa shape index (κ1) is 12.0. The minimum absolute atomic E-state index is 0.0297. The largest absolute Gasteiger partial charge is 0.387 e. The molecular weight excluding hydrogens is 224 g/mol. The van der Waals surface area contributed by atoms with E-state index in [1.54, 1.807) is 30.7 Å². The Bertz CT molecular complexity index is 521. The molecule has 3 nitrogen and oxygen atoms in total. The Morgan fingerprint density at radius 1 is 1.11 bits per heavy atom. The molecule has 1 aromatic carbocycles. The molecule has 18 heavy (non-hydrogen) atoms. The van der Waals surface area contributed by atoms with Gasteiger partial charge in [-0.1, -0.05) is 30.3 Å². The number of ketones is 1. The molecule has 3 heteroatoms. The lowest BCUT2D eigenvalue weighted by molar-refractivity contribution is 0.104. The predicted octanol–water partition coefficient (Wildman–Crippen LogP) is 2.57. The number of allylic oxidation sites excluding steroid dienone is 1. The van der Waals surface area contributed by atoms with Gasteiger partial charge in [0.05, 0.1) is 0 Å². The molecule has 0 atom stereocenters. The van der Waals surface area contributed by atoms with Crippen LogP contribution in [0.5, 0.6) is 0 Å². The third kappa shape index (κ3) is 3.56. The topological polar surface area (TPSA) is 42.0 Å². The van der Waals surface area contributed by atoms with E-state index < -0.39 is 0 Å². The standard InChI is InChI=1S/C15H14N2O/c18-15(14-6-9-16-10-7-14)8-11-17-12-13-4-2-1-3-5-13/h1-11,17H,12H2/b11-8-. The van der Waals surface area contributed by atoms with Gasteiger partial charge in [0.15, 0.2) is 5.78 Å². The monoisotopic (exact) mass is 238 g/mol. The molecule has 0 aliphatic heterocycles. The number of carbonyl (C=O) groups is 1. The molecule has 1 N–H and O–H groups in total. The number of nitrogens with one attached hydrogen (secondary N) is 1. The maximum absolute atomic E-state index is 11.7. The number of rotatable bonds is 5. The van der Waals surface area contributed by atoms with Gasteiger partial charge in [0, 0.05) is 36.8 Å². The van der Waals surface area contributed by atoms with Gasteiger partial charge in [0.2, 0.25) is 0 Å². The molecule has 90 valence electrons. The summed E-state index contributed by atoms with van der Waals surface area (Å²) in [5.41, 5.74) is 1.82. The van der Waals surface area contributed by atoms with Crippen molar-refractivity contribution in [3.8, 4) is 0 Å². The molecule has 0 amide bonds. The minimum atomic E-state index is -0.0297. The molecule has 0 aliphatic carbocycles. The Morgan fingerprint density at radius 3 is 2.56 bits per heavy atom. The normalized spacial score (nSPS) is 10.4. The molecule has 0 spiro atoms. The van der Waals surface area contributed by atoms with Crippen molar-refractivity contribution in [1.82, 2.24) is 10.3 Å². The summed E-state index contributed by atoms with van der Waals surface area (Å²) in [4.78, 5) is 15.6. The average molecular weight is 238 g/mol. The maximum Gasteiger partial charge on any atom is 0.187 e. The molecule has 2 rings (SSSR count). The highest BCUT2D eigenvalue weighted by Crippen LogP contribution is 1.99. The molecule has 0 saturated carbocycles. The van der Waals surface area contributed by atoms with Crippen molar-refractivity contribution in [3.63, 3.8) is 0 Å². The van der Waals surface area contributed by atoms with Crippen molar-refractivity contribution in [2.24, 2.45) is 0 Å². The molecule has 2 aromatic rings. The fraction of sp³-hybridized carbons (Fsp3) is 0.0667. The molecular formula is C15H14N2O. The lowest BCUT2D eigenvalue weighted by atomic mass is 10.2. The summed E-state index contributed by atoms with van der Waals surface area (Å²) in [6, 6.07) is 13.4. The van der Waals surface area contributed by atoms with Gasteiger partial charge in [0.25, 0.3) is 0 Å². The first-order chi connectivity index (χ1) is 8.86. The van der Waals surface area contributed by atoms with Gasteiger partial charge in [-0.2, -0.15) is 0 Å². The third-order valence-corrected chi connectivity index (χ3v) is 2.47. The summed E-state index contributed by atoms with van der Waals surface area (Å²) in [7, 11) is 0. The smallest absolute Gasteiger partial charge is 0.187 e. The molecule has 0 bridgehead atoms. The van der Waals surface area contributed by atoms with Crippen LogP contribution in [0.2, 0.25) is 0 Å². The second-order valence-corrected chi connectivity index (χ2v) is 3.80. The number of aromatic nitrogens is 1. The summed E-state index contributed by atoms with van der Waals surface area (Å²) in [5.74, 6) is -0.0297. The highest BCUT2D eigenvalue weighted by atomic mass is 16.1. The molecule has 0 saturated heterocycles. The number of benzene rings is 1. The van der Waals surface area contributed by atoms with E-state index in [4.69, 9.17) is 0 Å². The van der Waals surface area contributed by atoms with Gasteiger partial charge in [0.1, 0.15) is 0 Å². The summed E-state index contributed by atoms with van der Waals surface area (Å²) < 4.78 is 0. The zero-order valence-electron chi connectivity index (χ0n) is 9.91. The average Bonchev–Trinajstić information content (AvgIpc) is 2.45. The fourth-order valence-electron chi connectivity index (χ4n) is 1.52. The highest BCUT2D eigenvalue weighted by Gasteiger charge is 1.98. The van der Waals surface area contributed by atoms with Crippen LogP contribution in [0, 0.1) is 0 Å². The van der Waals surface area contributed by atoms with E-state index in [0.717, 1.165) is 0 Å². The summed E-state index contributed by atoms with van der Waals surface area (Å²) in [5, 5.41) is 3.09. The van der Waals surface area contributed by atoms with Crippen LogP contribution in [-0.4, -0.2) is 10.8 Å². The molecule has 1 heterocycles. The van der Waals surface area contributed by atoms with Crippen LogP contribution >= 0.6 is 0 Å². The number of hydrogen-bond acceptors (Lipinski definition) is 3. The zero-order chi connectivity index (χ0) is 12.6. The lowest BCUT2D eigenvalue weighted by Gasteiger charge is -2.00. The molecule has 0 aliphatic rings. The summed E-state index contributed by atoms with van der Waals surface area (Å²) in [6.45, 7) is 0.709. The van der Waals surface area contributed by atoms with E-state index in [0.29, 0.717) is 12.1 Å². The molecule has 0 radical (unpaired) electrons. The van der Waals surface area contributed by atoms with Gasteiger partial charge in [-0.05, 0) is 17.7 Å². The van der Waals surface area contributed by atoms with E-state index in [1.165, 1.54) is 11.6 Å². The van der Waals surface area contributed by atoms with Crippen molar-refractivity contribution in [2.45, 2.75) is 6.54 Å². The molecule has 0 unspecified atom stereocenters. The van der Waals surface area contributed by atoms with Crippen LogP contribution in [0.25, 0.3) is 0 Å². The van der Waals surface area contributed by atoms with Crippen molar-refractivity contribution in [1.29, 1.82) is 0 Å². The second-order valence-electron chi connectivity index (χ2n) is 3.80. The van der Waals surface area contributed by atoms with Crippen molar-refractivity contribution >= 4 is 5.78 Å². The Morgan fingerprint density at radius 2 is 1.83 bits per heavy atom. The first-order valence-electron chi connectivity index (χ1n) is 5.74. The van der Waals surface area contributed by atoms with Gasteiger partial charge in [-0.25, -0.2) is 0 Å². The van der Waals surface area contributed by atoms with Gasteiger partial charge in [-0.3, -0.25) is 9.78 Å². The van der Waals surface area contributed by atoms with Crippen LogP contribution in [-0.2, 0) is 6.54 Å². The van der Waals surface area contributed by atoms with E-state index >= 15 is 0 Å². The minimum Gasteiger partial charge on any atom is -0.387 e. The Labute approximate surface area is 106 Å². The fourth-order valence-corrected chi connectivity index (χ4v) is 1.52. The lowest BCUT2D eigenvalue weighted by Crippen LogP contribution is -2.05. The SMILES string of the molecule is O=C(/C=C\NCc1ccccc1)c1ccncc1. The van der Waals surface area contributed by atoms with Crippen molar-refractivity contribution in [3.05, 3.63) is 78.3 Å². The predicted molar refractivity (Wildman–Crippen MR) is 71.0 cm³/mol. The Balaban J connectivity index is 1.84. The van der Waals surface area contributed by atoms with Crippen LogP contribution in [0.15, 0.2) is 67.1 Å². The van der Waals surface area contributed by atoms with Crippen LogP contribution in [0.1, 0.15) is 15.9 Å². The summed E-state index contributed by atoms with van der Waals surface area (Å²) >= 11 is 0. The van der Waals surface area contributed by atoms with Gasteiger partial charge >= 0.3 is 0 Å².